The van der Waals surface area contributed by atoms with E-state index < -0.39 is 29.6 Å². The number of hydrogen-bond acceptors (Lipinski definition) is 4. The second-order valence-electron chi connectivity index (χ2n) is 6.96. The van der Waals surface area contributed by atoms with Gasteiger partial charge in [0.1, 0.15) is 6.04 Å². The van der Waals surface area contributed by atoms with Crippen molar-refractivity contribution in [1.29, 1.82) is 0 Å². The largest absolute Gasteiger partial charge is 0.418 e. The number of aromatic nitrogens is 1. The van der Waals surface area contributed by atoms with Crippen LogP contribution in [0, 0.1) is 0 Å². The molecule has 1 aliphatic heterocycles. The van der Waals surface area contributed by atoms with Crippen LogP contribution in [0.1, 0.15) is 46.6 Å². The lowest BCUT2D eigenvalue weighted by Crippen LogP contribution is -2.42. The summed E-state index contributed by atoms with van der Waals surface area (Å²) >= 11 is 0. The van der Waals surface area contributed by atoms with E-state index in [2.05, 4.69) is 10.5 Å². The van der Waals surface area contributed by atoms with Crippen LogP contribution in [-0.4, -0.2) is 29.6 Å². The zero-order valence-electron chi connectivity index (χ0n) is 14.9. The number of hydrogen-bond donors (Lipinski definition) is 1. The number of rotatable bonds is 3. The summed E-state index contributed by atoms with van der Waals surface area (Å²) in [6.07, 6.45) is -1.01. The van der Waals surface area contributed by atoms with Crippen molar-refractivity contribution < 1.29 is 27.3 Å². The quantitative estimate of drug-likeness (QED) is 0.870. The fourth-order valence-corrected chi connectivity index (χ4v) is 3.79. The number of nitrogens with one attached hydrogen (secondary N) is 1. The molecule has 1 aliphatic carbocycles. The van der Waals surface area contributed by atoms with E-state index in [-0.39, 0.29) is 24.4 Å². The Morgan fingerprint density at radius 2 is 1.96 bits per heavy atom. The van der Waals surface area contributed by atoms with Crippen LogP contribution in [0.4, 0.5) is 18.9 Å². The molecule has 2 heterocycles. The number of nitrogens with zero attached hydrogens (tertiary/aromatic N) is 2. The maximum atomic E-state index is 13.3. The minimum Gasteiger partial charge on any atom is -0.350 e. The number of alkyl halides is 3. The first-order valence-electron chi connectivity index (χ1n) is 9.12. The van der Waals surface area contributed by atoms with E-state index in [1.807, 2.05) is 0 Å². The Balaban J connectivity index is 1.51. The molecule has 1 unspecified atom stereocenters. The standard InChI is InChI=1S/C19H18F3N3O3/c20-19(21,22)12-6-2-4-8-15(12)25-10-9-14(18(25)27)23-17(26)16-11-5-1-3-7-13(11)24-28-16/h2,4,6,8,14H,1,3,5,7,9-10H2,(H,23,26). The summed E-state index contributed by atoms with van der Waals surface area (Å²) in [4.78, 5) is 26.3. The average Bonchev–Trinajstić information content (AvgIpc) is 3.25. The minimum atomic E-state index is -4.57. The van der Waals surface area contributed by atoms with Gasteiger partial charge in [-0.15, -0.1) is 0 Å². The van der Waals surface area contributed by atoms with Crippen LogP contribution in [0.5, 0.6) is 0 Å². The molecule has 0 spiro atoms. The van der Waals surface area contributed by atoms with Gasteiger partial charge in [0, 0.05) is 12.1 Å². The Labute approximate surface area is 158 Å². The third-order valence-corrected chi connectivity index (χ3v) is 5.18. The predicted octanol–water partition coefficient (Wildman–Crippen LogP) is 3.11. The van der Waals surface area contributed by atoms with Gasteiger partial charge in [-0.05, 0) is 44.2 Å². The SMILES string of the molecule is O=C(NC1CCN(c2ccccc2C(F)(F)F)C1=O)c1onc2c1CCCC2. The number of para-hydroxylation sites is 1. The van der Waals surface area contributed by atoms with E-state index in [1.54, 1.807) is 0 Å². The Kier molecular flexibility index (Phi) is 4.60. The third-order valence-electron chi connectivity index (χ3n) is 5.18. The molecule has 2 amide bonds. The van der Waals surface area contributed by atoms with Crippen molar-refractivity contribution in [2.75, 3.05) is 11.4 Å². The summed E-state index contributed by atoms with van der Waals surface area (Å²) < 4.78 is 44.9. The van der Waals surface area contributed by atoms with Crippen LogP contribution >= 0.6 is 0 Å². The van der Waals surface area contributed by atoms with Crippen molar-refractivity contribution in [1.82, 2.24) is 10.5 Å². The lowest BCUT2D eigenvalue weighted by molar-refractivity contribution is -0.137. The molecule has 0 saturated carbocycles. The van der Waals surface area contributed by atoms with E-state index in [0.29, 0.717) is 6.42 Å². The maximum absolute atomic E-state index is 13.3. The summed E-state index contributed by atoms with van der Waals surface area (Å²) in [5.41, 5.74) is 0.441. The zero-order valence-corrected chi connectivity index (χ0v) is 14.9. The lowest BCUT2D eigenvalue weighted by atomic mass is 9.96. The fraction of sp³-hybridized carbons (Fsp3) is 0.421. The number of carbonyl (C=O) groups excluding carboxylic acids is 2. The lowest BCUT2D eigenvalue weighted by Gasteiger charge is -2.21. The molecular formula is C19H18F3N3O3. The van der Waals surface area contributed by atoms with Crippen molar-refractivity contribution in [2.45, 2.75) is 44.3 Å². The molecule has 28 heavy (non-hydrogen) atoms. The van der Waals surface area contributed by atoms with Gasteiger partial charge in [-0.2, -0.15) is 13.2 Å². The normalized spacial score (nSPS) is 19.6. The van der Waals surface area contributed by atoms with Gasteiger partial charge in [0.25, 0.3) is 5.91 Å². The molecule has 1 N–H and O–H groups in total. The van der Waals surface area contributed by atoms with Gasteiger partial charge in [-0.3, -0.25) is 9.59 Å². The van der Waals surface area contributed by atoms with E-state index in [9.17, 15) is 22.8 Å². The van der Waals surface area contributed by atoms with Gasteiger partial charge in [0.05, 0.1) is 16.9 Å². The smallest absolute Gasteiger partial charge is 0.350 e. The van der Waals surface area contributed by atoms with Gasteiger partial charge in [0.2, 0.25) is 11.7 Å². The van der Waals surface area contributed by atoms with Crippen molar-refractivity contribution in [3.05, 3.63) is 46.8 Å². The third kappa shape index (κ3) is 3.25. The summed E-state index contributed by atoms with van der Waals surface area (Å²) in [6.45, 7) is 0.0887. The van der Waals surface area contributed by atoms with Crippen molar-refractivity contribution >= 4 is 17.5 Å². The fourth-order valence-electron chi connectivity index (χ4n) is 3.79. The molecule has 1 aromatic carbocycles. The van der Waals surface area contributed by atoms with Gasteiger partial charge < -0.3 is 14.7 Å². The Bertz CT molecular complexity index is 923. The number of aryl methyl sites for hydroxylation is 1. The summed E-state index contributed by atoms with van der Waals surface area (Å²) in [5, 5.41) is 6.51. The average molecular weight is 393 g/mol. The molecule has 148 valence electrons. The zero-order chi connectivity index (χ0) is 19.9. The molecule has 2 aromatic rings. The topological polar surface area (TPSA) is 75.4 Å². The van der Waals surface area contributed by atoms with Crippen molar-refractivity contribution in [3.8, 4) is 0 Å². The minimum absolute atomic E-state index is 0.0887. The molecule has 0 bridgehead atoms. The number of fused-ring (bicyclic) bond motifs is 1. The van der Waals surface area contributed by atoms with Crippen LogP contribution in [0.25, 0.3) is 0 Å². The van der Waals surface area contributed by atoms with Crippen LogP contribution < -0.4 is 10.2 Å². The molecule has 1 aromatic heterocycles. The van der Waals surface area contributed by atoms with Gasteiger partial charge >= 0.3 is 6.18 Å². The first-order chi connectivity index (χ1) is 13.4. The van der Waals surface area contributed by atoms with Crippen LogP contribution in [0.3, 0.4) is 0 Å². The van der Waals surface area contributed by atoms with Gasteiger partial charge in [-0.25, -0.2) is 0 Å². The summed E-state index contributed by atoms with van der Waals surface area (Å²) in [6, 6.07) is 4.02. The summed E-state index contributed by atoms with van der Waals surface area (Å²) in [7, 11) is 0. The number of amides is 2. The first-order valence-corrected chi connectivity index (χ1v) is 9.12. The second-order valence-corrected chi connectivity index (χ2v) is 6.96. The van der Waals surface area contributed by atoms with Crippen molar-refractivity contribution in [2.24, 2.45) is 0 Å². The Morgan fingerprint density at radius 3 is 2.75 bits per heavy atom. The molecule has 0 radical (unpaired) electrons. The highest BCUT2D eigenvalue weighted by atomic mass is 19.4. The molecule has 2 aliphatic rings. The van der Waals surface area contributed by atoms with Crippen LogP contribution in [-0.2, 0) is 23.8 Å². The molecule has 1 fully saturated rings. The molecule has 9 heteroatoms. The van der Waals surface area contributed by atoms with E-state index in [4.69, 9.17) is 4.52 Å². The van der Waals surface area contributed by atoms with Crippen molar-refractivity contribution in [3.63, 3.8) is 0 Å². The van der Waals surface area contributed by atoms with Gasteiger partial charge in [-0.1, -0.05) is 17.3 Å². The Hall–Kier alpha value is -2.84. The predicted molar refractivity (Wildman–Crippen MR) is 92.8 cm³/mol. The highest BCUT2D eigenvalue weighted by Gasteiger charge is 2.40. The number of anilines is 1. The van der Waals surface area contributed by atoms with E-state index in [0.717, 1.165) is 41.5 Å². The first kappa shape index (κ1) is 18.5. The van der Waals surface area contributed by atoms with Gasteiger partial charge in [0.15, 0.2) is 0 Å². The molecule has 1 atom stereocenters. The van der Waals surface area contributed by atoms with Crippen LogP contribution in [0.2, 0.25) is 0 Å². The highest BCUT2D eigenvalue weighted by Crippen LogP contribution is 2.37. The molecule has 6 nitrogen and oxygen atoms in total. The number of carbonyl (C=O) groups is 2. The molecule has 1 saturated heterocycles. The summed E-state index contributed by atoms with van der Waals surface area (Å²) in [5.74, 6) is -1.03. The highest BCUT2D eigenvalue weighted by molar-refractivity contribution is 6.04. The van der Waals surface area contributed by atoms with Crippen LogP contribution in [0.15, 0.2) is 28.8 Å². The second kappa shape index (κ2) is 6.96. The van der Waals surface area contributed by atoms with E-state index >= 15 is 0 Å². The number of benzene rings is 1. The van der Waals surface area contributed by atoms with E-state index in [1.165, 1.54) is 18.2 Å². The Morgan fingerprint density at radius 1 is 1.21 bits per heavy atom. The molecular weight excluding hydrogens is 375 g/mol. The molecule has 4 rings (SSSR count). The monoisotopic (exact) mass is 393 g/mol. The maximum Gasteiger partial charge on any atom is 0.418 e. The number of halogens is 3.